The molecule has 0 saturated heterocycles. The van der Waals surface area contributed by atoms with Crippen molar-refractivity contribution in [2.75, 3.05) is 18.1 Å². The summed E-state index contributed by atoms with van der Waals surface area (Å²) in [4.78, 5) is 4.13. The molecule has 2 aromatic heterocycles. The van der Waals surface area contributed by atoms with E-state index >= 15 is 0 Å². The number of hydrogen-bond donors (Lipinski definition) is 1. The number of sulfone groups is 1. The Bertz CT molecular complexity index is 704. The molecule has 0 saturated carbocycles. The number of nitrogens with zero attached hydrogens (tertiary/aromatic N) is 3. The molecule has 6 nitrogen and oxygen atoms in total. The molecule has 104 valence electrons. The van der Waals surface area contributed by atoms with Crippen molar-refractivity contribution in [3.63, 3.8) is 0 Å². The second-order valence-corrected chi connectivity index (χ2v) is 7.98. The fraction of sp³-hybridized carbons (Fsp3) is 0.500. The monoisotopic (exact) mass is 282 g/mol. The summed E-state index contributed by atoms with van der Waals surface area (Å²) in [6.07, 6.45) is 2.72. The Hall–Kier alpha value is -1.63. The maximum absolute atomic E-state index is 11.7. The van der Waals surface area contributed by atoms with Crippen LogP contribution in [0.15, 0.2) is 18.5 Å². The smallest absolute Gasteiger partial charge is 0.157 e. The predicted octanol–water partition coefficient (Wildman–Crippen LogP) is 1.27. The van der Waals surface area contributed by atoms with Gasteiger partial charge in [-0.15, -0.1) is 0 Å². The van der Waals surface area contributed by atoms with Gasteiger partial charge in [0.2, 0.25) is 0 Å². The normalized spacial score (nSPS) is 12.8. The Labute approximate surface area is 112 Å². The van der Waals surface area contributed by atoms with Crippen LogP contribution in [0.1, 0.15) is 19.4 Å². The summed E-state index contributed by atoms with van der Waals surface area (Å²) in [6.45, 7) is 5.67. The molecule has 0 aliphatic heterocycles. The van der Waals surface area contributed by atoms with E-state index in [9.17, 15) is 8.42 Å². The number of aromatic nitrogens is 3. The first-order chi connectivity index (χ1) is 8.71. The third kappa shape index (κ3) is 2.70. The molecule has 0 bridgehead atoms. The summed E-state index contributed by atoms with van der Waals surface area (Å²) >= 11 is 0. The van der Waals surface area contributed by atoms with Crippen LogP contribution >= 0.6 is 0 Å². The zero-order chi connectivity index (χ0) is 14.3. The van der Waals surface area contributed by atoms with Gasteiger partial charge in [0.15, 0.2) is 15.5 Å². The van der Waals surface area contributed by atoms with Crippen LogP contribution in [-0.2, 0) is 9.84 Å². The lowest BCUT2D eigenvalue weighted by Crippen LogP contribution is -2.38. The summed E-state index contributed by atoms with van der Waals surface area (Å²) in [6, 6.07) is 3.83. The molecule has 2 aromatic rings. The molecule has 0 unspecified atom stereocenters. The van der Waals surface area contributed by atoms with Gasteiger partial charge in [0.25, 0.3) is 0 Å². The molecule has 0 aromatic carbocycles. The molecule has 7 heteroatoms. The number of aryl methyl sites for hydroxylation is 1. The van der Waals surface area contributed by atoms with Crippen LogP contribution in [0, 0.1) is 6.92 Å². The number of pyridine rings is 1. The minimum Gasteiger partial charge on any atom is -0.368 e. The van der Waals surface area contributed by atoms with Crippen molar-refractivity contribution in [1.29, 1.82) is 0 Å². The standard InChI is InChI=1S/C12H18N4O2S/c1-9-5-10(16-11(6-9)14-8-15-16)13-7-12(2,3)19(4,17)18/h5-6,8,13H,7H2,1-4H3. The fourth-order valence-electron chi connectivity index (χ4n) is 1.62. The van der Waals surface area contributed by atoms with E-state index in [-0.39, 0.29) is 0 Å². The molecule has 2 heterocycles. The van der Waals surface area contributed by atoms with Crippen molar-refractivity contribution < 1.29 is 8.42 Å². The highest BCUT2D eigenvalue weighted by Crippen LogP contribution is 2.18. The molecular formula is C12H18N4O2S. The van der Waals surface area contributed by atoms with Crippen LogP contribution in [0.5, 0.6) is 0 Å². The molecule has 0 atom stereocenters. The van der Waals surface area contributed by atoms with Crippen LogP contribution in [-0.4, -0.2) is 40.6 Å². The van der Waals surface area contributed by atoms with Crippen molar-refractivity contribution >= 4 is 21.3 Å². The van der Waals surface area contributed by atoms with Crippen molar-refractivity contribution in [1.82, 2.24) is 14.6 Å². The van der Waals surface area contributed by atoms with Crippen molar-refractivity contribution in [2.45, 2.75) is 25.5 Å². The highest BCUT2D eigenvalue weighted by molar-refractivity contribution is 7.92. The average molecular weight is 282 g/mol. The van der Waals surface area contributed by atoms with Crippen molar-refractivity contribution in [3.8, 4) is 0 Å². The Morgan fingerprint density at radius 2 is 2.05 bits per heavy atom. The predicted molar refractivity (Wildman–Crippen MR) is 75.1 cm³/mol. The second kappa shape index (κ2) is 4.48. The van der Waals surface area contributed by atoms with Crippen LogP contribution in [0.2, 0.25) is 0 Å². The van der Waals surface area contributed by atoms with Crippen molar-refractivity contribution in [2.24, 2.45) is 0 Å². The number of nitrogens with one attached hydrogen (secondary N) is 1. The van der Waals surface area contributed by atoms with Gasteiger partial charge in [-0.05, 0) is 38.5 Å². The minimum atomic E-state index is -3.13. The van der Waals surface area contributed by atoms with Crippen LogP contribution in [0.25, 0.3) is 5.65 Å². The van der Waals surface area contributed by atoms with Gasteiger partial charge in [0.1, 0.15) is 12.1 Å². The SMILES string of the molecule is Cc1cc(NCC(C)(C)S(C)(=O)=O)n2ncnc2c1. The molecule has 1 N–H and O–H groups in total. The molecule has 2 rings (SSSR count). The lowest BCUT2D eigenvalue weighted by Gasteiger charge is -2.23. The van der Waals surface area contributed by atoms with Gasteiger partial charge >= 0.3 is 0 Å². The van der Waals surface area contributed by atoms with Crippen molar-refractivity contribution in [3.05, 3.63) is 24.0 Å². The third-order valence-electron chi connectivity index (χ3n) is 3.22. The van der Waals surface area contributed by atoms with Crippen LogP contribution in [0.3, 0.4) is 0 Å². The molecule has 0 radical (unpaired) electrons. The highest BCUT2D eigenvalue weighted by atomic mass is 32.2. The first kappa shape index (κ1) is 13.8. The maximum Gasteiger partial charge on any atom is 0.157 e. The van der Waals surface area contributed by atoms with E-state index in [0.29, 0.717) is 6.54 Å². The topological polar surface area (TPSA) is 76.4 Å². The number of anilines is 1. The molecule has 0 amide bonds. The molecular weight excluding hydrogens is 264 g/mol. The van der Waals surface area contributed by atoms with Crippen LogP contribution < -0.4 is 5.32 Å². The number of rotatable bonds is 4. The van der Waals surface area contributed by atoms with Gasteiger partial charge in [-0.2, -0.15) is 9.61 Å². The molecule has 0 aliphatic rings. The summed E-state index contributed by atoms with van der Waals surface area (Å²) in [5, 5.41) is 7.26. The van der Waals surface area contributed by atoms with E-state index in [2.05, 4.69) is 15.4 Å². The first-order valence-corrected chi connectivity index (χ1v) is 7.84. The van der Waals surface area contributed by atoms with E-state index in [1.54, 1.807) is 18.4 Å². The zero-order valence-corrected chi connectivity index (χ0v) is 12.3. The van der Waals surface area contributed by atoms with E-state index in [0.717, 1.165) is 17.0 Å². The quantitative estimate of drug-likeness (QED) is 0.914. The van der Waals surface area contributed by atoms with Crippen LogP contribution in [0.4, 0.5) is 5.82 Å². The van der Waals surface area contributed by atoms with Gasteiger partial charge in [-0.1, -0.05) is 0 Å². The van der Waals surface area contributed by atoms with E-state index in [1.807, 2.05) is 19.1 Å². The minimum absolute atomic E-state index is 0.310. The lowest BCUT2D eigenvalue weighted by molar-refractivity contribution is 0.559. The fourth-order valence-corrected chi connectivity index (χ4v) is 1.95. The first-order valence-electron chi connectivity index (χ1n) is 5.94. The molecule has 0 spiro atoms. The van der Waals surface area contributed by atoms with Gasteiger partial charge < -0.3 is 5.32 Å². The van der Waals surface area contributed by atoms with Gasteiger partial charge in [-0.25, -0.2) is 13.4 Å². The Morgan fingerprint density at radius 1 is 1.37 bits per heavy atom. The largest absolute Gasteiger partial charge is 0.368 e. The summed E-state index contributed by atoms with van der Waals surface area (Å²) in [5.74, 6) is 0.740. The lowest BCUT2D eigenvalue weighted by atomic mass is 10.2. The van der Waals surface area contributed by atoms with E-state index in [4.69, 9.17) is 0 Å². The maximum atomic E-state index is 11.7. The number of fused-ring (bicyclic) bond motifs is 1. The average Bonchev–Trinajstić information content (AvgIpc) is 2.72. The summed E-state index contributed by atoms with van der Waals surface area (Å²) in [7, 11) is -3.13. The zero-order valence-electron chi connectivity index (χ0n) is 11.5. The van der Waals surface area contributed by atoms with E-state index < -0.39 is 14.6 Å². The summed E-state index contributed by atoms with van der Waals surface area (Å²) in [5.41, 5.74) is 1.78. The van der Waals surface area contributed by atoms with Gasteiger partial charge in [-0.3, -0.25) is 0 Å². The third-order valence-corrected chi connectivity index (χ3v) is 5.37. The van der Waals surface area contributed by atoms with Gasteiger partial charge in [0.05, 0.1) is 4.75 Å². The number of hydrogen-bond acceptors (Lipinski definition) is 5. The van der Waals surface area contributed by atoms with Gasteiger partial charge in [0, 0.05) is 12.8 Å². The Morgan fingerprint density at radius 3 is 2.68 bits per heavy atom. The highest BCUT2D eigenvalue weighted by Gasteiger charge is 2.30. The Kier molecular flexibility index (Phi) is 3.25. The molecule has 0 aliphatic carbocycles. The second-order valence-electron chi connectivity index (χ2n) is 5.33. The Balaban J connectivity index is 2.30. The molecule has 0 fully saturated rings. The van der Waals surface area contributed by atoms with E-state index in [1.165, 1.54) is 12.6 Å². The summed E-state index contributed by atoms with van der Waals surface area (Å²) < 4.78 is 24.2. The molecule has 19 heavy (non-hydrogen) atoms.